The molecular formula is C26H16F6N2. The van der Waals surface area contributed by atoms with Crippen LogP contribution >= 0.6 is 0 Å². The van der Waals surface area contributed by atoms with Crippen molar-refractivity contribution in [2.24, 2.45) is 14.1 Å². The van der Waals surface area contributed by atoms with E-state index >= 15 is 0 Å². The second-order valence-corrected chi connectivity index (χ2v) is 8.60. The number of fused-ring (bicyclic) bond motifs is 9. The summed E-state index contributed by atoms with van der Waals surface area (Å²) in [5.41, 5.74) is -0.473. The maximum atomic E-state index is 13.5. The molecule has 6 aromatic rings. The molecule has 0 fully saturated rings. The van der Waals surface area contributed by atoms with Gasteiger partial charge in [0.2, 0.25) is 0 Å². The molecule has 2 nitrogen and oxygen atoms in total. The fourth-order valence-corrected chi connectivity index (χ4v) is 5.29. The fourth-order valence-electron chi connectivity index (χ4n) is 5.29. The molecule has 0 spiro atoms. The van der Waals surface area contributed by atoms with Gasteiger partial charge in [-0.25, -0.2) is 0 Å². The van der Waals surface area contributed by atoms with Gasteiger partial charge < -0.3 is 9.13 Å². The SMILES string of the molecule is Cn1c(C(F)(F)F)cc2ccc3c4ccc5c(ccc6cc(C(F)(F)F)n(C)c65)c4ccc3c21. The van der Waals surface area contributed by atoms with Crippen molar-refractivity contribution >= 4 is 54.1 Å². The lowest BCUT2D eigenvalue weighted by atomic mass is 9.95. The van der Waals surface area contributed by atoms with Gasteiger partial charge in [0.15, 0.2) is 0 Å². The van der Waals surface area contributed by atoms with Gasteiger partial charge in [-0.1, -0.05) is 48.5 Å². The minimum Gasteiger partial charge on any atom is -0.340 e. The van der Waals surface area contributed by atoms with Crippen LogP contribution < -0.4 is 0 Å². The van der Waals surface area contributed by atoms with E-state index < -0.39 is 23.7 Å². The van der Waals surface area contributed by atoms with E-state index in [1.54, 1.807) is 36.4 Å². The first-order valence-electron chi connectivity index (χ1n) is 10.5. The van der Waals surface area contributed by atoms with Crippen molar-refractivity contribution < 1.29 is 26.3 Å². The van der Waals surface area contributed by atoms with Crippen LogP contribution in [-0.4, -0.2) is 9.13 Å². The van der Waals surface area contributed by atoms with E-state index in [2.05, 4.69) is 0 Å². The summed E-state index contributed by atoms with van der Waals surface area (Å²) in [7, 11) is 2.80. The molecule has 0 radical (unpaired) electrons. The van der Waals surface area contributed by atoms with E-state index in [-0.39, 0.29) is 0 Å². The normalized spacial score (nSPS) is 13.3. The summed E-state index contributed by atoms with van der Waals surface area (Å²) in [5, 5.41) is 5.57. The van der Waals surface area contributed by atoms with Gasteiger partial charge >= 0.3 is 12.4 Å². The average molecular weight is 470 g/mol. The zero-order chi connectivity index (χ0) is 24.2. The molecule has 8 heteroatoms. The van der Waals surface area contributed by atoms with Gasteiger partial charge in [-0.2, -0.15) is 26.3 Å². The number of rotatable bonds is 0. The van der Waals surface area contributed by atoms with E-state index in [0.29, 0.717) is 32.6 Å². The van der Waals surface area contributed by atoms with Gasteiger partial charge in [0.25, 0.3) is 0 Å². The van der Waals surface area contributed by atoms with E-state index in [4.69, 9.17) is 0 Å². The Bertz CT molecular complexity index is 1660. The Hall–Kier alpha value is -3.68. The third kappa shape index (κ3) is 2.71. The van der Waals surface area contributed by atoms with Crippen molar-refractivity contribution in [2.75, 3.05) is 0 Å². The summed E-state index contributed by atoms with van der Waals surface area (Å²) >= 11 is 0. The summed E-state index contributed by atoms with van der Waals surface area (Å²) < 4.78 is 83.1. The van der Waals surface area contributed by atoms with E-state index in [1.165, 1.54) is 14.1 Å². The Morgan fingerprint density at radius 3 is 1.12 bits per heavy atom. The zero-order valence-electron chi connectivity index (χ0n) is 17.9. The first-order chi connectivity index (χ1) is 16.0. The molecule has 0 unspecified atom stereocenters. The van der Waals surface area contributed by atoms with Gasteiger partial charge in [-0.3, -0.25) is 0 Å². The van der Waals surface area contributed by atoms with Gasteiger partial charge in [-0.15, -0.1) is 0 Å². The average Bonchev–Trinajstić information content (AvgIpc) is 3.30. The molecule has 0 aliphatic rings. The van der Waals surface area contributed by atoms with Crippen LogP contribution in [0, 0.1) is 0 Å². The molecule has 0 amide bonds. The number of hydrogen-bond acceptors (Lipinski definition) is 0. The Kier molecular flexibility index (Phi) is 3.97. The molecule has 2 aromatic heterocycles. The van der Waals surface area contributed by atoms with E-state index in [0.717, 1.165) is 42.8 Å². The number of aryl methyl sites for hydroxylation is 2. The third-order valence-corrected chi connectivity index (χ3v) is 6.76. The van der Waals surface area contributed by atoms with Crippen molar-refractivity contribution in [2.45, 2.75) is 12.4 Å². The minimum absolute atomic E-state index is 0.486. The molecule has 0 saturated heterocycles. The molecule has 0 bridgehead atoms. The standard InChI is InChI=1S/C26H16F6N2/c1-33-21(25(27,28)29)11-13-3-5-17-15-8-10-20-18(16(15)7-9-19(17)23(13)33)6-4-14-12-22(26(30,31)32)34(2)24(14)20/h3-12H,1-2H3. The molecule has 6 rings (SSSR count). The van der Waals surface area contributed by atoms with Crippen LogP contribution in [0.25, 0.3) is 54.1 Å². The molecule has 34 heavy (non-hydrogen) atoms. The molecule has 0 aliphatic heterocycles. The summed E-state index contributed by atoms with van der Waals surface area (Å²) in [6.45, 7) is 0. The number of aromatic nitrogens is 2. The van der Waals surface area contributed by atoms with Crippen LogP contribution in [0.1, 0.15) is 11.4 Å². The van der Waals surface area contributed by atoms with E-state index in [9.17, 15) is 26.3 Å². The molecular weight excluding hydrogens is 454 g/mol. The second-order valence-electron chi connectivity index (χ2n) is 8.60. The van der Waals surface area contributed by atoms with Crippen LogP contribution in [0.5, 0.6) is 0 Å². The summed E-state index contributed by atoms with van der Waals surface area (Å²) in [6, 6.07) is 16.5. The van der Waals surface area contributed by atoms with Crippen molar-refractivity contribution in [3.05, 3.63) is 72.1 Å². The highest BCUT2D eigenvalue weighted by Crippen LogP contribution is 2.41. The van der Waals surface area contributed by atoms with Gasteiger partial charge in [0, 0.05) is 35.6 Å². The molecule has 0 saturated carbocycles. The predicted molar refractivity (Wildman–Crippen MR) is 122 cm³/mol. The smallest absolute Gasteiger partial charge is 0.340 e. The molecule has 2 heterocycles. The Labute approximate surface area is 188 Å². The van der Waals surface area contributed by atoms with Crippen LogP contribution in [-0.2, 0) is 26.4 Å². The number of hydrogen-bond donors (Lipinski definition) is 0. The summed E-state index contributed by atoms with van der Waals surface area (Å²) in [4.78, 5) is 0. The first-order valence-corrected chi connectivity index (χ1v) is 10.5. The zero-order valence-corrected chi connectivity index (χ0v) is 17.9. The highest BCUT2D eigenvalue weighted by atomic mass is 19.4. The second kappa shape index (κ2) is 6.46. The van der Waals surface area contributed by atoms with Crippen molar-refractivity contribution in [3.8, 4) is 0 Å². The third-order valence-electron chi connectivity index (χ3n) is 6.76. The summed E-state index contributed by atoms with van der Waals surface area (Å²) in [5.74, 6) is 0. The lowest BCUT2D eigenvalue weighted by Gasteiger charge is -2.12. The maximum Gasteiger partial charge on any atom is 0.431 e. The van der Waals surface area contributed by atoms with Gasteiger partial charge in [-0.05, 0) is 33.7 Å². The quantitative estimate of drug-likeness (QED) is 0.157. The highest BCUT2D eigenvalue weighted by molar-refractivity contribution is 6.24. The number of halogens is 6. The number of alkyl halides is 6. The lowest BCUT2D eigenvalue weighted by molar-refractivity contribution is -0.143. The Balaban J connectivity index is 1.70. The molecule has 0 aliphatic carbocycles. The Morgan fingerprint density at radius 2 is 0.765 bits per heavy atom. The molecule has 0 N–H and O–H groups in total. The monoisotopic (exact) mass is 470 g/mol. The molecule has 0 atom stereocenters. The highest BCUT2D eigenvalue weighted by Gasteiger charge is 2.35. The summed E-state index contributed by atoms with van der Waals surface area (Å²) in [6.07, 6.45) is -8.94. The Morgan fingerprint density at radius 1 is 0.471 bits per heavy atom. The molecule has 172 valence electrons. The predicted octanol–water partition coefficient (Wildman–Crippen LogP) is 8.17. The first kappa shape index (κ1) is 20.9. The maximum absolute atomic E-state index is 13.5. The van der Waals surface area contributed by atoms with Crippen LogP contribution in [0.3, 0.4) is 0 Å². The van der Waals surface area contributed by atoms with Gasteiger partial charge in [0.05, 0.1) is 11.0 Å². The largest absolute Gasteiger partial charge is 0.431 e. The van der Waals surface area contributed by atoms with Crippen LogP contribution in [0.4, 0.5) is 26.3 Å². The van der Waals surface area contributed by atoms with Crippen molar-refractivity contribution in [1.29, 1.82) is 0 Å². The number of nitrogens with zero attached hydrogens (tertiary/aromatic N) is 2. The van der Waals surface area contributed by atoms with Crippen LogP contribution in [0.15, 0.2) is 60.7 Å². The van der Waals surface area contributed by atoms with Gasteiger partial charge in [0.1, 0.15) is 11.4 Å². The molecule has 4 aromatic carbocycles. The lowest BCUT2D eigenvalue weighted by Crippen LogP contribution is -2.10. The van der Waals surface area contributed by atoms with E-state index in [1.807, 2.05) is 12.1 Å². The van der Waals surface area contributed by atoms with Crippen molar-refractivity contribution in [3.63, 3.8) is 0 Å². The number of benzene rings is 4. The minimum atomic E-state index is -4.47. The van der Waals surface area contributed by atoms with Crippen LogP contribution in [0.2, 0.25) is 0 Å². The fraction of sp³-hybridized carbons (Fsp3) is 0.154. The van der Waals surface area contributed by atoms with Crippen molar-refractivity contribution in [1.82, 2.24) is 9.13 Å². The topological polar surface area (TPSA) is 9.86 Å².